The molecule has 0 radical (unpaired) electrons. The van der Waals surface area contributed by atoms with Crippen LogP contribution in [0.15, 0.2) is 4.42 Å². The fourth-order valence-electron chi connectivity index (χ4n) is 1.15. The lowest BCUT2D eigenvalue weighted by Gasteiger charge is -2.06. The van der Waals surface area contributed by atoms with Crippen LogP contribution in [0.25, 0.3) is 0 Å². The Balaban J connectivity index is 2.40. The van der Waals surface area contributed by atoms with Crippen molar-refractivity contribution in [1.82, 2.24) is 15.5 Å². The molecule has 0 aromatic carbocycles. The largest absolute Gasteiger partial charge is 0.421 e. The van der Waals surface area contributed by atoms with Gasteiger partial charge in [0.1, 0.15) is 13.2 Å². The van der Waals surface area contributed by atoms with Gasteiger partial charge in [0.15, 0.2) is 0 Å². The third kappa shape index (κ3) is 5.14. The molecule has 0 spiro atoms. The van der Waals surface area contributed by atoms with E-state index in [0.717, 1.165) is 6.54 Å². The number of rotatable bonds is 6. The molecule has 0 amide bonds. The van der Waals surface area contributed by atoms with E-state index in [1.807, 2.05) is 13.8 Å². The molecule has 0 saturated carbocycles. The first-order valence-corrected chi connectivity index (χ1v) is 5.12. The molecular weight excluding hydrogens is 239 g/mol. The van der Waals surface area contributed by atoms with Crippen LogP contribution in [0.4, 0.5) is 13.2 Å². The number of hydrogen-bond donors (Lipinski definition) is 1. The van der Waals surface area contributed by atoms with Crippen molar-refractivity contribution in [2.45, 2.75) is 32.7 Å². The van der Waals surface area contributed by atoms with Crippen LogP contribution in [-0.4, -0.2) is 29.5 Å². The molecule has 0 saturated heterocycles. The normalized spacial score (nSPS) is 13.9. The van der Waals surface area contributed by atoms with Crippen molar-refractivity contribution in [3.05, 3.63) is 11.8 Å². The molecule has 0 aliphatic rings. The number of hydrogen-bond acceptors (Lipinski definition) is 5. The Morgan fingerprint density at radius 2 is 2.12 bits per heavy atom. The van der Waals surface area contributed by atoms with Gasteiger partial charge >= 0.3 is 6.18 Å². The van der Waals surface area contributed by atoms with E-state index in [4.69, 9.17) is 4.42 Å². The highest BCUT2D eigenvalue weighted by Gasteiger charge is 2.27. The third-order valence-electron chi connectivity index (χ3n) is 1.85. The van der Waals surface area contributed by atoms with Gasteiger partial charge in [-0.15, -0.1) is 10.2 Å². The second-order valence-corrected chi connectivity index (χ2v) is 3.42. The van der Waals surface area contributed by atoms with Gasteiger partial charge in [-0.3, -0.25) is 0 Å². The molecule has 0 fully saturated rings. The molecule has 1 atom stereocenters. The molecule has 1 rings (SSSR count). The molecular formula is C9H14F3N3O2. The Bertz CT molecular complexity index is 340. The maximum atomic E-state index is 11.8. The van der Waals surface area contributed by atoms with Gasteiger partial charge in [0.05, 0.1) is 6.04 Å². The number of aromatic nitrogens is 2. The van der Waals surface area contributed by atoms with Crippen molar-refractivity contribution in [3.8, 4) is 0 Å². The summed E-state index contributed by atoms with van der Waals surface area (Å²) in [5, 5.41) is 10.3. The SMILES string of the molecule is CCNC(C)c1nnc(COCC(F)(F)F)o1. The summed E-state index contributed by atoms with van der Waals surface area (Å²) in [6, 6.07) is -0.135. The lowest BCUT2D eigenvalue weighted by molar-refractivity contribution is -0.177. The summed E-state index contributed by atoms with van der Waals surface area (Å²) >= 11 is 0. The highest BCUT2D eigenvalue weighted by Crippen LogP contribution is 2.16. The zero-order valence-electron chi connectivity index (χ0n) is 9.54. The second-order valence-electron chi connectivity index (χ2n) is 3.42. The van der Waals surface area contributed by atoms with Gasteiger partial charge in [-0.25, -0.2) is 0 Å². The van der Waals surface area contributed by atoms with Crippen LogP contribution in [0.3, 0.4) is 0 Å². The fourth-order valence-corrected chi connectivity index (χ4v) is 1.15. The van der Waals surface area contributed by atoms with Crippen LogP contribution in [0.1, 0.15) is 31.7 Å². The average molecular weight is 253 g/mol. The third-order valence-corrected chi connectivity index (χ3v) is 1.85. The summed E-state index contributed by atoms with van der Waals surface area (Å²) in [6.45, 7) is 2.79. The summed E-state index contributed by atoms with van der Waals surface area (Å²) in [5.74, 6) is 0.367. The topological polar surface area (TPSA) is 60.2 Å². The predicted octanol–water partition coefficient (Wildman–Crippen LogP) is 1.82. The molecule has 1 unspecified atom stereocenters. The Labute approximate surface area is 96.3 Å². The van der Waals surface area contributed by atoms with Crippen LogP contribution in [-0.2, 0) is 11.3 Å². The Morgan fingerprint density at radius 1 is 1.41 bits per heavy atom. The summed E-state index contributed by atoms with van der Waals surface area (Å²) < 4.78 is 44.9. The van der Waals surface area contributed by atoms with E-state index in [1.54, 1.807) is 0 Å². The van der Waals surface area contributed by atoms with Crippen LogP contribution in [0, 0.1) is 0 Å². The summed E-state index contributed by atoms with van der Waals surface area (Å²) in [7, 11) is 0. The highest BCUT2D eigenvalue weighted by molar-refractivity contribution is 4.86. The van der Waals surface area contributed by atoms with Crippen molar-refractivity contribution in [2.24, 2.45) is 0 Å². The van der Waals surface area contributed by atoms with E-state index in [2.05, 4.69) is 20.3 Å². The van der Waals surface area contributed by atoms with Crippen molar-refractivity contribution in [1.29, 1.82) is 0 Å². The van der Waals surface area contributed by atoms with Crippen LogP contribution in [0.2, 0.25) is 0 Å². The Kier molecular flexibility index (Phi) is 4.88. The molecule has 5 nitrogen and oxygen atoms in total. The second kappa shape index (κ2) is 5.97. The zero-order valence-corrected chi connectivity index (χ0v) is 9.54. The van der Waals surface area contributed by atoms with Gasteiger partial charge in [0.2, 0.25) is 11.8 Å². The minimum absolute atomic E-state index is 0.0361. The number of alkyl halides is 3. The average Bonchev–Trinajstić information content (AvgIpc) is 2.65. The predicted molar refractivity (Wildman–Crippen MR) is 52.1 cm³/mol. The van der Waals surface area contributed by atoms with Gasteiger partial charge in [-0.1, -0.05) is 6.92 Å². The molecule has 0 aliphatic heterocycles. The first-order chi connectivity index (χ1) is 7.92. The quantitative estimate of drug-likeness (QED) is 0.837. The molecule has 98 valence electrons. The Hall–Kier alpha value is -1.15. The van der Waals surface area contributed by atoms with Crippen molar-refractivity contribution >= 4 is 0 Å². The molecule has 1 N–H and O–H groups in total. The van der Waals surface area contributed by atoms with E-state index < -0.39 is 12.8 Å². The van der Waals surface area contributed by atoms with Crippen LogP contribution < -0.4 is 5.32 Å². The molecule has 1 heterocycles. The van der Waals surface area contributed by atoms with E-state index in [1.165, 1.54) is 0 Å². The smallest absolute Gasteiger partial charge is 0.411 e. The van der Waals surface area contributed by atoms with Crippen molar-refractivity contribution < 1.29 is 22.3 Å². The molecule has 0 bridgehead atoms. The van der Waals surface area contributed by atoms with Gasteiger partial charge in [0, 0.05) is 0 Å². The molecule has 17 heavy (non-hydrogen) atoms. The van der Waals surface area contributed by atoms with E-state index in [0.29, 0.717) is 5.89 Å². The standard InChI is InChI=1S/C9H14F3N3O2/c1-3-13-6(2)8-15-14-7(17-8)4-16-5-9(10,11)12/h6,13H,3-5H2,1-2H3. The number of ether oxygens (including phenoxy) is 1. The number of nitrogens with one attached hydrogen (secondary N) is 1. The lowest BCUT2D eigenvalue weighted by atomic mass is 10.3. The summed E-state index contributed by atoms with van der Waals surface area (Å²) in [5.41, 5.74) is 0. The fraction of sp³-hybridized carbons (Fsp3) is 0.778. The highest BCUT2D eigenvalue weighted by atomic mass is 19.4. The molecule has 8 heteroatoms. The van der Waals surface area contributed by atoms with E-state index in [-0.39, 0.29) is 18.5 Å². The van der Waals surface area contributed by atoms with Gasteiger partial charge < -0.3 is 14.5 Å². The van der Waals surface area contributed by atoms with Gasteiger partial charge in [-0.05, 0) is 13.5 Å². The monoisotopic (exact) mass is 253 g/mol. The van der Waals surface area contributed by atoms with E-state index in [9.17, 15) is 13.2 Å². The first-order valence-electron chi connectivity index (χ1n) is 5.12. The zero-order chi connectivity index (χ0) is 12.9. The van der Waals surface area contributed by atoms with Gasteiger partial charge in [-0.2, -0.15) is 13.2 Å². The number of nitrogens with zero attached hydrogens (tertiary/aromatic N) is 2. The minimum Gasteiger partial charge on any atom is -0.421 e. The first kappa shape index (κ1) is 13.9. The van der Waals surface area contributed by atoms with Crippen molar-refractivity contribution in [3.63, 3.8) is 0 Å². The van der Waals surface area contributed by atoms with Crippen molar-refractivity contribution in [2.75, 3.05) is 13.2 Å². The maximum Gasteiger partial charge on any atom is 0.411 e. The molecule has 0 aliphatic carbocycles. The minimum atomic E-state index is -4.35. The molecule has 1 aromatic rings. The maximum absolute atomic E-state index is 11.8. The molecule has 1 aromatic heterocycles. The van der Waals surface area contributed by atoms with Gasteiger partial charge in [0.25, 0.3) is 0 Å². The summed E-state index contributed by atoms with van der Waals surface area (Å²) in [6.07, 6.45) is -4.35. The lowest BCUT2D eigenvalue weighted by Crippen LogP contribution is -2.18. The van der Waals surface area contributed by atoms with Crippen LogP contribution >= 0.6 is 0 Å². The number of halogens is 3. The Morgan fingerprint density at radius 3 is 2.71 bits per heavy atom. The van der Waals surface area contributed by atoms with Crippen LogP contribution in [0.5, 0.6) is 0 Å². The summed E-state index contributed by atoms with van der Waals surface area (Å²) in [4.78, 5) is 0. The van der Waals surface area contributed by atoms with E-state index >= 15 is 0 Å².